The van der Waals surface area contributed by atoms with Gasteiger partial charge in [0.1, 0.15) is 0 Å². The van der Waals surface area contributed by atoms with E-state index < -0.39 is 23.5 Å². The SMILES string of the molecule is CCCCN(CCCC)c1ccc2c(c1)=C=C=C=C=c1cc(N(CCCC)CCCC)ccc1=C=C=c1cc3c#cc4ccc(C(F)(F)F)cc4c#cc#cc4cc(C(F)(F)F)ccc4c#cc3cc1=C=C=2. The second-order valence-electron chi connectivity index (χ2n) is 17.3. The molecular formula is C64H50F6N2. The van der Waals surface area contributed by atoms with Crippen LogP contribution in [0.4, 0.5) is 37.7 Å². The summed E-state index contributed by atoms with van der Waals surface area (Å²) in [4.78, 5) is 4.77. The Morgan fingerprint density at radius 1 is 0.347 bits per heavy atom. The second-order valence-corrected chi connectivity index (χ2v) is 17.3. The number of unbranched alkanes of at least 4 members (excludes halogenated alkanes) is 4. The summed E-state index contributed by atoms with van der Waals surface area (Å²) in [7, 11) is 0. The van der Waals surface area contributed by atoms with E-state index in [2.05, 4.69) is 156 Å². The molecule has 0 saturated heterocycles. The molecule has 1 aliphatic carbocycles. The van der Waals surface area contributed by atoms with E-state index in [4.69, 9.17) is 0 Å². The lowest BCUT2D eigenvalue weighted by molar-refractivity contribution is -0.138. The standard InChI is InChI=1S/C64H50F6N2/c1-5-9-37-71(38-10-6-2)61-35-31-49-23-27-57-41-55-25-21-47-29-33-59(63(65,66)67)43-51(47)17-13-14-18-52-44-60(64(68,69)70)34-30-48(52)22-26-56(55)42-58(57)28-24-50-32-36-62(72(39-11-7-3)40-12-8-4)46-54(50)20-16-15-19-53(49)45-61/h29-36,41-46H,5-12,37-40H2,1-4H3. The smallest absolute Gasteiger partial charge is 0.372 e. The number of benzene rings is 5. The van der Waals surface area contributed by atoms with Crippen molar-refractivity contribution >= 4 is 78.1 Å². The molecule has 1 aliphatic rings. The van der Waals surface area contributed by atoms with Crippen molar-refractivity contribution in [3.8, 4) is 0 Å². The first-order valence-electron chi connectivity index (χ1n) is 24.3. The fraction of sp³-hybridized carbons (Fsp3) is 0.281. The number of halogens is 6. The van der Waals surface area contributed by atoms with Gasteiger partial charge in [-0.15, -0.1) is 0 Å². The molecule has 7 rings (SSSR count). The Balaban J connectivity index is 1.69. The van der Waals surface area contributed by atoms with E-state index >= 15 is 0 Å². The van der Waals surface area contributed by atoms with Gasteiger partial charge in [-0.05, 0) is 134 Å². The van der Waals surface area contributed by atoms with E-state index in [1.165, 1.54) is 12.1 Å². The number of hydrogen-bond acceptors (Lipinski definition) is 2. The third-order valence-electron chi connectivity index (χ3n) is 12.0. The van der Waals surface area contributed by atoms with Crippen LogP contribution in [0.3, 0.4) is 0 Å². The van der Waals surface area contributed by atoms with Gasteiger partial charge in [0.2, 0.25) is 0 Å². The van der Waals surface area contributed by atoms with Crippen molar-refractivity contribution in [2.24, 2.45) is 0 Å². The largest absolute Gasteiger partial charge is 0.416 e. The van der Waals surface area contributed by atoms with Crippen LogP contribution in [0, 0.1) is 48.5 Å². The number of alkyl halides is 6. The predicted octanol–water partition coefficient (Wildman–Crippen LogP) is 11.3. The molecule has 6 aromatic carbocycles. The van der Waals surface area contributed by atoms with Crippen LogP contribution in [-0.4, -0.2) is 26.2 Å². The Labute approximate surface area is 417 Å². The van der Waals surface area contributed by atoms with E-state index in [9.17, 15) is 26.3 Å². The molecule has 0 atom stereocenters. The van der Waals surface area contributed by atoms with Gasteiger partial charge in [-0.1, -0.05) is 124 Å². The van der Waals surface area contributed by atoms with Gasteiger partial charge in [-0.25, -0.2) is 0 Å². The molecule has 358 valence electrons. The molecule has 0 fully saturated rings. The van der Waals surface area contributed by atoms with Gasteiger partial charge in [-0.3, -0.25) is 0 Å². The monoisotopic (exact) mass is 960 g/mol. The quantitative estimate of drug-likeness (QED) is 0.0792. The number of hydrogen-bond donors (Lipinski definition) is 0. The van der Waals surface area contributed by atoms with Gasteiger partial charge in [0.05, 0.1) is 11.1 Å². The van der Waals surface area contributed by atoms with Gasteiger partial charge in [0.25, 0.3) is 0 Å². The van der Waals surface area contributed by atoms with Crippen LogP contribution in [-0.2, 0) is 12.4 Å². The lowest BCUT2D eigenvalue weighted by Gasteiger charge is -2.24. The summed E-state index contributed by atoms with van der Waals surface area (Å²) < 4.78 is 83.7. The van der Waals surface area contributed by atoms with Gasteiger partial charge in [0.15, 0.2) is 0 Å². The first-order chi connectivity index (χ1) is 34.8. The highest BCUT2D eigenvalue weighted by atomic mass is 19.4. The Morgan fingerprint density at radius 3 is 1.04 bits per heavy atom. The zero-order chi connectivity index (χ0) is 51.1. The molecule has 0 spiro atoms. The first-order valence-corrected chi connectivity index (χ1v) is 24.3. The fourth-order valence-electron chi connectivity index (χ4n) is 7.83. The van der Waals surface area contributed by atoms with Gasteiger partial charge in [0, 0.05) is 101 Å². The topological polar surface area (TPSA) is 6.48 Å². The summed E-state index contributed by atoms with van der Waals surface area (Å²) in [6.45, 7) is 12.3. The van der Waals surface area contributed by atoms with E-state index in [0.29, 0.717) is 42.1 Å². The van der Waals surface area contributed by atoms with Crippen molar-refractivity contribution in [1.82, 2.24) is 0 Å². The van der Waals surface area contributed by atoms with Crippen molar-refractivity contribution in [2.45, 2.75) is 91.4 Å². The molecule has 0 unspecified atom stereocenters. The number of anilines is 2. The molecule has 0 bridgehead atoms. The van der Waals surface area contributed by atoms with Crippen molar-refractivity contribution in [2.75, 3.05) is 36.0 Å². The molecule has 0 saturated carbocycles. The molecule has 0 aliphatic heterocycles. The third kappa shape index (κ3) is 13.5. The number of fused-ring (bicyclic) bond motifs is 6. The maximum Gasteiger partial charge on any atom is 0.416 e. The number of nitrogens with zero attached hydrogens (tertiary/aromatic N) is 2. The van der Waals surface area contributed by atoms with Crippen LogP contribution in [0.15, 0.2) is 96.4 Å². The average molecular weight is 961 g/mol. The zero-order valence-electron chi connectivity index (χ0n) is 40.7. The first kappa shape index (κ1) is 51.6. The Bertz CT molecular complexity index is 3480. The van der Waals surface area contributed by atoms with Crippen molar-refractivity contribution in [3.05, 3.63) is 187 Å². The third-order valence-corrected chi connectivity index (χ3v) is 12.0. The molecule has 2 nitrogen and oxygen atoms in total. The van der Waals surface area contributed by atoms with E-state index in [1.54, 1.807) is 12.1 Å². The maximum absolute atomic E-state index is 14.0. The molecule has 0 radical (unpaired) electrons. The average Bonchev–Trinajstić information content (AvgIpc) is 3.36. The van der Waals surface area contributed by atoms with Crippen LogP contribution in [0.1, 0.15) is 90.2 Å². The second kappa shape index (κ2) is 24.1. The Hall–Kier alpha value is -8.24. The van der Waals surface area contributed by atoms with Crippen molar-refractivity contribution < 1.29 is 26.3 Å². The summed E-state index contributed by atoms with van der Waals surface area (Å²) >= 11 is 0. The number of rotatable bonds is 14. The summed E-state index contributed by atoms with van der Waals surface area (Å²) in [5.74, 6) is 0. The highest BCUT2D eigenvalue weighted by Gasteiger charge is 2.31. The highest BCUT2D eigenvalue weighted by Crippen LogP contribution is 2.31. The lowest BCUT2D eigenvalue weighted by atomic mass is 10.1. The Morgan fingerprint density at radius 2 is 0.681 bits per heavy atom. The van der Waals surface area contributed by atoms with Crippen molar-refractivity contribution in [3.63, 3.8) is 0 Å². The summed E-state index contributed by atoms with van der Waals surface area (Å²) in [5.41, 5.74) is 26.4. The van der Waals surface area contributed by atoms with Crippen LogP contribution < -0.4 is 41.1 Å². The minimum absolute atomic E-state index is 0.0617. The highest BCUT2D eigenvalue weighted by molar-refractivity contribution is 5.84. The zero-order valence-corrected chi connectivity index (χ0v) is 40.7. The van der Waals surface area contributed by atoms with Gasteiger partial charge < -0.3 is 9.80 Å². The van der Waals surface area contributed by atoms with Gasteiger partial charge >= 0.3 is 12.4 Å². The molecule has 72 heavy (non-hydrogen) atoms. The lowest BCUT2D eigenvalue weighted by Crippen LogP contribution is -2.30. The van der Waals surface area contributed by atoms with E-state index in [0.717, 1.165) is 113 Å². The van der Waals surface area contributed by atoms with Crippen molar-refractivity contribution in [1.29, 1.82) is 0 Å². The summed E-state index contributed by atoms with van der Waals surface area (Å²) in [5, 5.41) is 4.61. The Kier molecular flexibility index (Phi) is 17.2. The van der Waals surface area contributed by atoms with Crippen LogP contribution in [0.25, 0.3) is 66.7 Å². The summed E-state index contributed by atoms with van der Waals surface area (Å²) in [6.07, 6.45) is -0.988. The molecule has 0 N–H and O–H groups in total. The maximum atomic E-state index is 14.0. The molecular weight excluding hydrogens is 911 g/mol. The molecule has 0 aromatic heterocycles. The van der Waals surface area contributed by atoms with E-state index in [1.807, 2.05) is 12.1 Å². The fourth-order valence-corrected chi connectivity index (χ4v) is 7.83. The minimum Gasteiger partial charge on any atom is -0.372 e. The summed E-state index contributed by atoms with van der Waals surface area (Å²) in [6, 6.07) is 44.3. The minimum atomic E-state index is -4.68. The van der Waals surface area contributed by atoms with Crippen LogP contribution >= 0.6 is 0 Å². The van der Waals surface area contributed by atoms with Crippen LogP contribution in [0.5, 0.6) is 0 Å². The van der Waals surface area contributed by atoms with E-state index in [-0.39, 0.29) is 21.5 Å². The van der Waals surface area contributed by atoms with Gasteiger partial charge in [-0.2, -0.15) is 26.3 Å². The predicted molar refractivity (Wildman–Crippen MR) is 277 cm³/mol. The normalized spacial score (nSPS) is 11.1. The molecule has 0 heterocycles. The molecule has 6 aromatic rings. The van der Waals surface area contributed by atoms with Crippen LogP contribution in [0.2, 0.25) is 0 Å². The molecule has 8 heteroatoms. The molecule has 0 amide bonds.